The summed E-state index contributed by atoms with van der Waals surface area (Å²) in [6.45, 7) is 7.16. The maximum Gasteiger partial charge on any atom is 0.274 e. The summed E-state index contributed by atoms with van der Waals surface area (Å²) in [6, 6.07) is 4.75. The Morgan fingerprint density at radius 1 is 1.19 bits per heavy atom. The van der Waals surface area contributed by atoms with Gasteiger partial charge in [-0.1, -0.05) is 0 Å². The average molecular weight is 357 g/mol. The van der Waals surface area contributed by atoms with Crippen LogP contribution in [0.5, 0.6) is 0 Å². The van der Waals surface area contributed by atoms with Gasteiger partial charge in [0, 0.05) is 57.6 Å². The Morgan fingerprint density at radius 2 is 1.92 bits per heavy atom. The first-order valence-corrected chi connectivity index (χ1v) is 8.66. The summed E-state index contributed by atoms with van der Waals surface area (Å²) in [5, 5.41) is 7.24. The number of nitrogens with zero attached hydrogens (tertiary/aromatic N) is 6. The van der Waals surface area contributed by atoms with E-state index in [0.717, 1.165) is 18.1 Å². The highest BCUT2D eigenvalue weighted by molar-refractivity contribution is 5.92. The Kier molecular flexibility index (Phi) is 5.15. The fraction of sp³-hybridized carbons (Fsp3) is 0.471. The van der Waals surface area contributed by atoms with Crippen LogP contribution in [0.2, 0.25) is 0 Å². The number of amides is 1. The summed E-state index contributed by atoms with van der Waals surface area (Å²) in [4.78, 5) is 36.9. The lowest BCUT2D eigenvalue weighted by Gasteiger charge is -2.34. The highest BCUT2D eigenvalue weighted by Crippen LogP contribution is 2.16. The van der Waals surface area contributed by atoms with Crippen molar-refractivity contribution in [2.75, 3.05) is 42.9 Å². The topological polar surface area (TPSA) is 96.2 Å². The van der Waals surface area contributed by atoms with Crippen LogP contribution in [0.25, 0.3) is 0 Å². The van der Waals surface area contributed by atoms with Gasteiger partial charge in [-0.25, -0.2) is 9.67 Å². The lowest BCUT2D eigenvalue weighted by atomic mass is 10.2. The second kappa shape index (κ2) is 7.51. The third-order valence-corrected chi connectivity index (χ3v) is 4.23. The molecule has 0 spiro atoms. The van der Waals surface area contributed by atoms with E-state index in [2.05, 4.69) is 25.3 Å². The van der Waals surface area contributed by atoms with Gasteiger partial charge in [0.15, 0.2) is 0 Å². The maximum absolute atomic E-state index is 12.6. The molecule has 0 aromatic carbocycles. The molecule has 0 atom stereocenters. The van der Waals surface area contributed by atoms with Crippen molar-refractivity contribution in [1.82, 2.24) is 24.6 Å². The lowest BCUT2D eigenvalue weighted by molar-refractivity contribution is 0.0737. The van der Waals surface area contributed by atoms with Crippen molar-refractivity contribution >= 4 is 17.7 Å². The van der Waals surface area contributed by atoms with Crippen molar-refractivity contribution in [1.29, 1.82) is 0 Å². The van der Waals surface area contributed by atoms with Gasteiger partial charge in [-0.15, -0.1) is 0 Å². The first-order valence-electron chi connectivity index (χ1n) is 8.66. The summed E-state index contributed by atoms with van der Waals surface area (Å²) in [5.74, 6) is 1.31. The van der Waals surface area contributed by atoms with Gasteiger partial charge in [-0.2, -0.15) is 10.1 Å². The minimum atomic E-state index is -0.237. The van der Waals surface area contributed by atoms with E-state index >= 15 is 0 Å². The molecular weight excluding hydrogens is 334 g/mol. The number of aromatic nitrogens is 4. The monoisotopic (exact) mass is 357 g/mol. The van der Waals surface area contributed by atoms with E-state index in [9.17, 15) is 9.59 Å². The number of nitrogens with one attached hydrogen (secondary N) is 1. The molecule has 1 aliphatic rings. The van der Waals surface area contributed by atoms with Crippen LogP contribution in [0.4, 0.5) is 11.8 Å². The van der Waals surface area contributed by atoms with Crippen LogP contribution in [0.15, 0.2) is 23.0 Å². The molecule has 1 saturated heterocycles. The molecule has 1 amide bonds. The van der Waals surface area contributed by atoms with Crippen LogP contribution in [0, 0.1) is 6.92 Å². The summed E-state index contributed by atoms with van der Waals surface area (Å²) in [6.07, 6.45) is 0. The number of carbonyl (C=O) groups excluding carboxylic acids is 1. The van der Waals surface area contributed by atoms with Gasteiger partial charge in [-0.05, 0) is 19.9 Å². The highest BCUT2D eigenvalue weighted by atomic mass is 16.2. The summed E-state index contributed by atoms with van der Waals surface area (Å²) in [5.41, 5.74) is 0.945. The van der Waals surface area contributed by atoms with Crippen molar-refractivity contribution in [3.63, 3.8) is 0 Å². The number of hydrogen-bond donors (Lipinski definition) is 1. The molecule has 9 heteroatoms. The highest BCUT2D eigenvalue weighted by Gasteiger charge is 2.25. The van der Waals surface area contributed by atoms with Crippen molar-refractivity contribution in [3.05, 3.63) is 39.9 Å². The molecule has 138 valence electrons. The molecule has 1 fully saturated rings. The van der Waals surface area contributed by atoms with Crippen molar-refractivity contribution in [2.24, 2.45) is 7.05 Å². The predicted molar refractivity (Wildman–Crippen MR) is 98.5 cm³/mol. The molecule has 1 N–H and O–H groups in total. The Hall–Kier alpha value is -2.97. The molecule has 2 aromatic heterocycles. The van der Waals surface area contributed by atoms with Gasteiger partial charge in [0.1, 0.15) is 11.5 Å². The number of aryl methyl sites for hydroxylation is 2. The fourth-order valence-electron chi connectivity index (χ4n) is 2.85. The average Bonchev–Trinajstić information content (AvgIpc) is 2.63. The number of hydrogen-bond acceptors (Lipinski definition) is 7. The van der Waals surface area contributed by atoms with Gasteiger partial charge >= 0.3 is 0 Å². The van der Waals surface area contributed by atoms with Crippen LogP contribution in [0.3, 0.4) is 0 Å². The second-order valence-corrected chi connectivity index (χ2v) is 6.18. The predicted octanol–water partition coefficient (Wildman–Crippen LogP) is 0.273. The van der Waals surface area contributed by atoms with E-state index in [0.29, 0.717) is 32.1 Å². The minimum Gasteiger partial charge on any atom is -0.370 e. The van der Waals surface area contributed by atoms with Gasteiger partial charge in [-0.3, -0.25) is 9.59 Å². The first kappa shape index (κ1) is 17.8. The molecule has 0 aliphatic carbocycles. The zero-order chi connectivity index (χ0) is 18.7. The van der Waals surface area contributed by atoms with E-state index in [1.165, 1.54) is 23.9 Å². The molecule has 9 nitrogen and oxygen atoms in total. The van der Waals surface area contributed by atoms with E-state index in [4.69, 9.17) is 0 Å². The number of carbonyl (C=O) groups is 1. The molecule has 0 radical (unpaired) electrons. The molecule has 0 unspecified atom stereocenters. The maximum atomic E-state index is 12.6. The van der Waals surface area contributed by atoms with E-state index in [1.54, 1.807) is 4.90 Å². The number of rotatable bonds is 4. The molecule has 3 heterocycles. The SMILES string of the molecule is CCNc1cc(C)nc(N2CCN(C(=O)c3ccc(=O)n(C)n3)CC2)n1. The quantitative estimate of drug-likeness (QED) is 0.839. The van der Waals surface area contributed by atoms with E-state index in [-0.39, 0.29) is 17.2 Å². The number of anilines is 2. The Labute approximate surface area is 151 Å². The molecule has 0 saturated carbocycles. The lowest BCUT2D eigenvalue weighted by Crippen LogP contribution is -2.49. The normalized spacial score (nSPS) is 14.4. The third-order valence-electron chi connectivity index (χ3n) is 4.23. The molecule has 3 rings (SSSR count). The summed E-state index contributed by atoms with van der Waals surface area (Å²) < 4.78 is 1.17. The van der Waals surface area contributed by atoms with E-state index in [1.807, 2.05) is 19.9 Å². The largest absolute Gasteiger partial charge is 0.370 e. The zero-order valence-corrected chi connectivity index (χ0v) is 15.3. The zero-order valence-electron chi connectivity index (χ0n) is 15.3. The van der Waals surface area contributed by atoms with Gasteiger partial charge in [0.25, 0.3) is 11.5 Å². The Balaban J connectivity index is 1.68. The second-order valence-electron chi connectivity index (χ2n) is 6.18. The number of piperazine rings is 1. The molecule has 0 bridgehead atoms. The smallest absolute Gasteiger partial charge is 0.274 e. The molecule has 26 heavy (non-hydrogen) atoms. The summed E-state index contributed by atoms with van der Waals surface area (Å²) >= 11 is 0. The standard InChI is InChI=1S/C17H23N7O2/c1-4-18-14-11-12(2)19-17(20-14)24-9-7-23(8-10-24)16(26)13-5-6-15(25)22(3)21-13/h5-6,11H,4,7-10H2,1-3H3,(H,18,19,20). The van der Waals surface area contributed by atoms with Crippen molar-refractivity contribution in [2.45, 2.75) is 13.8 Å². The molecular formula is C17H23N7O2. The van der Waals surface area contributed by atoms with Gasteiger partial charge in [0.2, 0.25) is 5.95 Å². The Morgan fingerprint density at radius 3 is 2.58 bits per heavy atom. The van der Waals surface area contributed by atoms with Crippen LogP contribution < -0.4 is 15.8 Å². The van der Waals surface area contributed by atoms with Gasteiger partial charge < -0.3 is 15.1 Å². The molecule has 1 aliphatic heterocycles. The van der Waals surface area contributed by atoms with Crippen molar-refractivity contribution < 1.29 is 4.79 Å². The van der Waals surface area contributed by atoms with Crippen LogP contribution in [0.1, 0.15) is 23.1 Å². The van der Waals surface area contributed by atoms with Crippen LogP contribution in [-0.4, -0.2) is 63.3 Å². The Bertz CT molecular complexity index is 856. The van der Waals surface area contributed by atoms with Crippen molar-refractivity contribution in [3.8, 4) is 0 Å². The minimum absolute atomic E-state index is 0.168. The third kappa shape index (κ3) is 3.81. The van der Waals surface area contributed by atoms with Crippen LogP contribution in [-0.2, 0) is 7.05 Å². The summed E-state index contributed by atoms with van der Waals surface area (Å²) in [7, 11) is 1.54. The first-order chi connectivity index (χ1) is 12.5. The van der Waals surface area contributed by atoms with Crippen LogP contribution >= 0.6 is 0 Å². The fourth-order valence-corrected chi connectivity index (χ4v) is 2.85. The molecule has 2 aromatic rings. The van der Waals surface area contributed by atoms with E-state index < -0.39 is 0 Å². The van der Waals surface area contributed by atoms with Gasteiger partial charge in [0.05, 0.1) is 0 Å².